The molecule has 0 aliphatic carbocycles. The topological polar surface area (TPSA) is 26.3 Å². The van der Waals surface area contributed by atoms with Gasteiger partial charge in [0.15, 0.2) is 0 Å². The van der Waals surface area contributed by atoms with Gasteiger partial charge >= 0.3 is 5.97 Å². The van der Waals surface area contributed by atoms with Crippen LogP contribution >= 0.6 is 0 Å². The second kappa shape index (κ2) is 5.42. The summed E-state index contributed by atoms with van der Waals surface area (Å²) in [6, 6.07) is 0. The van der Waals surface area contributed by atoms with E-state index in [1.165, 1.54) is 12.2 Å². The number of ether oxygens (including phenoxy) is 1. The molecule has 0 fully saturated rings. The number of carbonyl (C=O) groups excluding carboxylic acids is 1. The van der Waals surface area contributed by atoms with Crippen LogP contribution in [0.4, 0.5) is 0 Å². The highest BCUT2D eigenvalue weighted by molar-refractivity contribution is 5.82. The van der Waals surface area contributed by atoms with Gasteiger partial charge in [-0.25, -0.2) is 4.79 Å². The molecule has 0 unspecified atom stereocenters. The zero-order valence-corrected chi connectivity index (χ0v) is 8.68. The lowest BCUT2D eigenvalue weighted by atomic mass is 9.99. The summed E-state index contributed by atoms with van der Waals surface area (Å²) in [4.78, 5) is 10.8. The Labute approximate surface area is 80.0 Å². The Morgan fingerprint density at radius 1 is 1.46 bits per heavy atom. The van der Waals surface area contributed by atoms with Crippen molar-refractivity contribution in [2.45, 2.75) is 27.7 Å². The van der Waals surface area contributed by atoms with E-state index in [1.54, 1.807) is 6.92 Å². The van der Waals surface area contributed by atoms with Gasteiger partial charge < -0.3 is 4.74 Å². The van der Waals surface area contributed by atoms with Crippen molar-refractivity contribution in [1.29, 1.82) is 0 Å². The van der Waals surface area contributed by atoms with E-state index in [-0.39, 0.29) is 11.4 Å². The van der Waals surface area contributed by atoms with Crippen LogP contribution < -0.4 is 0 Å². The normalized spacial score (nSPS) is 10.8. The minimum Gasteiger partial charge on any atom is -0.463 e. The maximum absolute atomic E-state index is 10.8. The van der Waals surface area contributed by atoms with Crippen LogP contribution in [0.3, 0.4) is 0 Å². The summed E-state index contributed by atoms with van der Waals surface area (Å²) in [6.45, 7) is 8.21. The Morgan fingerprint density at radius 2 is 2.08 bits per heavy atom. The first-order valence-corrected chi connectivity index (χ1v) is 4.31. The van der Waals surface area contributed by atoms with Crippen LogP contribution in [0.2, 0.25) is 0 Å². The average molecular weight is 181 g/mol. The lowest BCUT2D eigenvalue weighted by Gasteiger charge is -2.05. The van der Waals surface area contributed by atoms with Crippen molar-refractivity contribution in [2.24, 2.45) is 5.41 Å². The molecular weight excluding hydrogens is 165 g/mol. The maximum atomic E-state index is 10.8. The van der Waals surface area contributed by atoms with Gasteiger partial charge in [0, 0.05) is 11.5 Å². The van der Waals surface area contributed by atoms with E-state index in [9.17, 15) is 4.79 Å². The van der Waals surface area contributed by atoms with E-state index >= 15 is 0 Å². The summed E-state index contributed by atoms with van der Waals surface area (Å²) < 4.78 is 4.68. The number of hydrogen-bond donors (Lipinski definition) is 0. The van der Waals surface area contributed by atoms with E-state index in [1.807, 2.05) is 20.8 Å². The van der Waals surface area contributed by atoms with Crippen LogP contribution in [0.5, 0.6) is 0 Å². The van der Waals surface area contributed by atoms with Crippen molar-refractivity contribution >= 4 is 5.97 Å². The van der Waals surface area contributed by atoms with Gasteiger partial charge in [0.1, 0.15) is 0 Å². The molecule has 2 nitrogen and oxygen atoms in total. The van der Waals surface area contributed by atoms with Crippen LogP contribution in [0.25, 0.3) is 0 Å². The van der Waals surface area contributed by atoms with Crippen molar-refractivity contribution in [3.05, 3.63) is 12.2 Å². The minimum absolute atomic E-state index is 0.0288. The zero-order chi connectivity index (χ0) is 10.3. The molecule has 0 aliphatic heterocycles. The Bertz CT molecular complexity index is 245. The molecular formula is C11H16O2. The Kier molecular flexibility index (Phi) is 4.91. The first-order valence-electron chi connectivity index (χ1n) is 4.31. The van der Waals surface area contributed by atoms with Crippen LogP contribution in [0.1, 0.15) is 27.7 Å². The molecule has 0 spiro atoms. The molecule has 0 aromatic carbocycles. The van der Waals surface area contributed by atoms with Crippen LogP contribution in [0.15, 0.2) is 12.2 Å². The summed E-state index contributed by atoms with van der Waals surface area (Å²) in [7, 11) is 0. The molecule has 0 N–H and O–H groups in total. The molecule has 0 heterocycles. The van der Waals surface area contributed by atoms with Gasteiger partial charge in [0.2, 0.25) is 0 Å². The second-order valence-corrected chi connectivity index (χ2v) is 3.60. The van der Waals surface area contributed by atoms with E-state index in [2.05, 4.69) is 16.6 Å². The fourth-order valence-electron chi connectivity index (χ4n) is 0.558. The highest BCUT2D eigenvalue weighted by atomic mass is 16.5. The monoisotopic (exact) mass is 181 g/mol. The molecule has 0 radical (unpaired) electrons. The number of carbonyl (C=O) groups is 1. The standard InChI is InChI=1S/C11H16O2/c1-5-13-10(12)8-6-7-9-11(2,3)4/h6,8H,5H2,1-4H3/b8-6+/i6+1. The summed E-state index contributed by atoms with van der Waals surface area (Å²) in [6.07, 6.45) is 2.85. The molecule has 0 aromatic heterocycles. The molecule has 0 aromatic rings. The van der Waals surface area contributed by atoms with Crippen molar-refractivity contribution in [3.63, 3.8) is 0 Å². The first kappa shape index (κ1) is 11.8. The van der Waals surface area contributed by atoms with Gasteiger partial charge in [0.25, 0.3) is 0 Å². The number of esters is 1. The van der Waals surface area contributed by atoms with E-state index in [4.69, 9.17) is 0 Å². The molecule has 0 bridgehead atoms. The molecule has 0 aliphatic rings. The molecule has 0 atom stereocenters. The molecule has 0 amide bonds. The number of hydrogen-bond acceptors (Lipinski definition) is 2. The smallest absolute Gasteiger partial charge is 0.331 e. The predicted octanol–water partition coefficient (Wildman–Crippen LogP) is 2.16. The van der Waals surface area contributed by atoms with Crippen molar-refractivity contribution < 1.29 is 9.53 Å². The highest BCUT2D eigenvalue weighted by Gasteiger charge is 2.02. The molecule has 2 heteroatoms. The second-order valence-electron chi connectivity index (χ2n) is 3.60. The fraction of sp³-hybridized carbons (Fsp3) is 0.545. The fourth-order valence-corrected chi connectivity index (χ4v) is 0.558. The zero-order valence-electron chi connectivity index (χ0n) is 8.68. The molecule has 0 rings (SSSR count). The summed E-state index contributed by atoms with van der Waals surface area (Å²) in [5.74, 6) is 5.42. The molecule has 0 saturated heterocycles. The van der Waals surface area contributed by atoms with E-state index in [0.717, 1.165) is 0 Å². The summed E-state index contributed by atoms with van der Waals surface area (Å²) in [5.41, 5.74) is -0.0288. The van der Waals surface area contributed by atoms with Crippen LogP contribution in [-0.4, -0.2) is 12.6 Å². The number of rotatable bonds is 2. The minimum atomic E-state index is -0.342. The van der Waals surface area contributed by atoms with E-state index in [0.29, 0.717) is 6.61 Å². The molecule has 0 saturated carbocycles. The largest absolute Gasteiger partial charge is 0.463 e. The van der Waals surface area contributed by atoms with E-state index < -0.39 is 0 Å². The lowest BCUT2D eigenvalue weighted by Crippen LogP contribution is -1.99. The molecule has 72 valence electrons. The Balaban J connectivity index is 3.99. The summed E-state index contributed by atoms with van der Waals surface area (Å²) in [5, 5.41) is 0. The highest BCUT2D eigenvalue weighted by Crippen LogP contribution is 2.09. The van der Waals surface area contributed by atoms with Gasteiger partial charge in [-0.15, -0.1) is 0 Å². The van der Waals surface area contributed by atoms with Crippen molar-refractivity contribution in [1.82, 2.24) is 0 Å². The van der Waals surface area contributed by atoms with Crippen LogP contribution in [-0.2, 0) is 9.53 Å². The third-order valence-corrected chi connectivity index (χ3v) is 1.04. The quantitative estimate of drug-likeness (QED) is 0.282. The maximum Gasteiger partial charge on any atom is 0.331 e. The van der Waals surface area contributed by atoms with Gasteiger partial charge in [-0.1, -0.05) is 11.8 Å². The van der Waals surface area contributed by atoms with Gasteiger partial charge in [-0.3, -0.25) is 0 Å². The Morgan fingerprint density at radius 3 is 2.54 bits per heavy atom. The number of allylic oxidation sites excluding steroid dienone is 1. The SMILES string of the molecule is CCOC(=O)/C=[13CH]/C#CC(C)(C)C. The molecule has 13 heavy (non-hydrogen) atoms. The van der Waals surface area contributed by atoms with Crippen molar-refractivity contribution in [2.75, 3.05) is 6.61 Å². The Hall–Kier alpha value is -1.23. The first-order chi connectivity index (χ1) is 5.95. The van der Waals surface area contributed by atoms with Crippen molar-refractivity contribution in [3.8, 4) is 11.8 Å². The average Bonchev–Trinajstić information content (AvgIpc) is 1.97. The van der Waals surface area contributed by atoms with Crippen LogP contribution in [0, 0.1) is 17.3 Å². The predicted molar refractivity (Wildman–Crippen MR) is 53.0 cm³/mol. The van der Waals surface area contributed by atoms with Gasteiger partial charge in [-0.05, 0) is 33.8 Å². The summed E-state index contributed by atoms with van der Waals surface area (Å²) >= 11 is 0. The van der Waals surface area contributed by atoms with Gasteiger partial charge in [0.05, 0.1) is 6.61 Å². The third kappa shape index (κ3) is 8.68. The lowest BCUT2D eigenvalue weighted by molar-refractivity contribution is -0.137. The third-order valence-electron chi connectivity index (χ3n) is 1.04. The van der Waals surface area contributed by atoms with Gasteiger partial charge in [-0.2, -0.15) is 0 Å².